The minimum absolute atomic E-state index is 0.224. The van der Waals surface area contributed by atoms with Crippen LogP contribution in [0.15, 0.2) is 23.2 Å². The molecule has 20 heavy (non-hydrogen) atoms. The number of pyridine rings is 1. The van der Waals surface area contributed by atoms with Gasteiger partial charge in [-0.15, -0.1) is 4.83 Å². The molecule has 1 aliphatic heterocycles. The van der Waals surface area contributed by atoms with Crippen LogP contribution in [0.25, 0.3) is 0 Å². The first-order valence-electron chi connectivity index (χ1n) is 6.67. The van der Waals surface area contributed by atoms with Gasteiger partial charge in [0.15, 0.2) is 0 Å². The minimum Gasteiger partial charge on any atom is -0.370 e. The molecule has 0 saturated carbocycles. The summed E-state index contributed by atoms with van der Waals surface area (Å²) in [6.45, 7) is 5.69. The SMILES string of the molecule is CCNc1cc(S(=O)(=O)NN2CCN(C)CC2)ccn1. The maximum atomic E-state index is 12.3. The number of rotatable bonds is 5. The van der Waals surface area contributed by atoms with Crippen LogP contribution in [0.5, 0.6) is 0 Å². The van der Waals surface area contributed by atoms with Crippen LogP contribution in [0.3, 0.4) is 0 Å². The number of nitrogens with one attached hydrogen (secondary N) is 2. The minimum atomic E-state index is -3.54. The van der Waals surface area contributed by atoms with Crippen molar-refractivity contribution in [2.75, 3.05) is 45.1 Å². The molecular formula is C12H21N5O2S. The lowest BCUT2D eigenvalue weighted by Gasteiger charge is -2.32. The predicted molar refractivity (Wildman–Crippen MR) is 77.8 cm³/mol. The second-order valence-electron chi connectivity index (χ2n) is 4.79. The molecule has 0 atom stereocenters. The largest absolute Gasteiger partial charge is 0.370 e. The molecule has 0 radical (unpaired) electrons. The van der Waals surface area contributed by atoms with E-state index in [1.807, 2.05) is 14.0 Å². The third-order valence-corrected chi connectivity index (χ3v) is 4.53. The van der Waals surface area contributed by atoms with Crippen molar-refractivity contribution >= 4 is 15.8 Å². The Morgan fingerprint density at radius 3 is 2.65 bits per heavy atom. The molecule has 0 unspecified atom stereocenters. The number of piperazine rings is 1. The van der Waals surface area contributed by atoms with E-state index in [-0.39, 0.29) is 4.90 Å². The lowest BCUT2D eigenvalue weighted by Crippen LogP contribution is -2.52. The van der Waals surface area contributed by atoms with Crippen LogP contribution in [-0.4, -0.2) is 63.1 Å². The molecule has 7 nitrogen and oxygen atoms in total. The zero-order valence-electron chi connectivity index (χ0n) is 11.8. The zero-order valence-corrected chi connectivity index (χ0v) is 12.7. The third-order valence-electron chi connectivity index (χ3n) is 3.15. The molecule has 0 aromatic carbocycles. The van der Waals surface area contributed by atoms with Crippen LogP contribution >= 0.6 is 0 Å². The van der Waals surface area contributed by atoms with Crippen LogP contribution in [0.2, 0.25) is 0 Å². The van der Waals surface area contributed by atoms with Gasteiger partial charge in [-0.25, -0.2) is 18.4 Å². The molecule has 2 rings (SSSR count). The lowest BCUT2D eigenvalue weighted by molar-refractivity contribution is 0.135. The average molecular weight is 299 g/mol. The first-order chi connectivity index (χ1) is 9.51. The monoisotopic (exact) mass is 299 g/mol. The Kier molecular flexibility index (Phi) is 4.92. The normalized spacial score (nSPS) is 18.1. The smallest absolute Gasteiger partial charge is 0.253 e. The van der Waals surface area contributed by atoms with Crippen molar-refractivity contribution in [2.24, 2.45) is 0 Å². The summed E-state index contributed by atoms with van der Waals surface area (Å²) in [5.74, 6) is 0.564. The first kappa shape index (κ1) is 15.2. The summed E-state index contributed by atoms with van der Waals surface area (Å²) >= 11 is 0. The second kappa shape index (κ2) is 6.49. The van der Waals surface area contributed by atoms with E-state index in [1.54, 1.807) is 11.1 Å². The molecule has 0 spiro atoms. The highest BCUT2D eigenvalue weighted by molar-refractivity contribution is 7.89. The summed E-state index contributed by atoms with van der Waals surface area (Å²) < 4.78 is 24.6. The van der Waals surface area contributed by atoms with Gasteiger partial charge < -0.3 is 10.2 Å². The van der Waals surface area contributed by atoms with Gasteiger partial charge in [-0.05, 0) is 20.0 Å². The predicted octanol–water partition coefficient (Wildman–Crippen LogP) is -0.0459. The first-order valence-corrected chi connectivity index (χ1v) is 8.15. The molecule has 1 saturated heterocycles. The maximum Gasteiger partial charge on any atom is 0.253 e. The second-order valence-corrected chi connectivity index (χ2v) is 6.45. The highest BCUT2D eigenvalue weighted by Gasteiger charge is 2.21. The van der Waals surface area contributed by atoms with Crippen molar-refractivity contribution in [3.63, 3.8) is 0 Å². The molecule has 1 aromatic rings. The maximum absolute atomic E-state index is 12.3. The summed E-state index contributed by atoms with van der Waals surface area (Å²) in [5, 5.41) is 4.74. The number of likely N-dealkylation sites (N-methyl/N-ethyl adjacent to an activating group) is 1. The van der Waals surface area contributed by atoms with Gasteiger partial charge in [-0.3, -0.25) is 0 Å². The molecule has 112 valence electrons. The van der Waals surface area contributed by atoms with Crippen molar-refractivity contribution in [3.05, 3.63) is 18.3 Å². The van der Waals surface area contributed by atoms with Gasteiger partial charge in [0.05, 0.1) is 4.90 Å². The number of hydrogen-bond donors (Lipinski definition) is 2. The Balaban J connectivity index is 2.08. The van der Waals surface area contributed by atoms with Crippen molar-refractivity contribution in [1.29, 1.82) is 0 Å². The van der Waals surface area contributed by atoms with Gasteiger partial charge in [0.2, 0.25) is 0 Å². The molecule has 2 heterocycles. The Morgan fingerprint density at radius 2 is 2.00 bits per heavy atom. The van der Waals surface area contributed by atoms with E-state index in [2.05, 4.69) is 20.0 Å². The zero-order chi connectivity index (χ0) is 14.6. The number of sulfonamides is 1. The van der Waals surface area contributed by atoms with E-state index in [0.717, 1.165) is 13.1 Å². The number of anilines is 1. The average Bonchev–Trinajstić information content (AvgIpc) is 2.42. The van der Waals surface area contributed by atoms with Crippen molar-refractivity contribution in [1.82, 2.24) is 19.7 Å². The van der Waals surface area contributed by atoms with E-state index in [0.29, 0.717) is 25.5 Å². The molecule has 1 aromatic heterocycles. The van der Waals surface area contributed by atoms with Crippen molar-refractivity contribution in [3.8, 4) is 0 Å². The third kappa shape index (κ3) is 3.89. The van der Waals surface area contributed by atoms with E-state index in [9.17, 15) is 8.42 Å². The molecule has 1 fully saturated rings. The van der Waals surface area contributed by atoms with Gasteiger partial charge >= 0.3 is 0 Å². The Bertz CT molecular complexity index is 541. The van der Waals surface area contributed by atoms with Crippen LogP contribution < -0.4 is 10.1 Å². The Labute approximate surface area is 120 Å². The number of aromatic nitrogens is 1. The number of hydrazine groups is 1. The molecule has 0 amide bonds. The highest BCUT2D eigenvalue weighted by Crippen LogP contribution is 2.13. The topological polar surface area (TPSA) is 77.6 Å². The highest BCUT2D eigenvalue weighted by atomic mass is 32.2. The van der Waals surface area contributed by atoms with Crippen LogP contribution in [0.4, 0.5) is 5.82 Å². The molecule has 2 N–H and O–H groups in total. The van der Waals surface area contributed by atoms with Crippen LogP contribution in [-0.2, 0) is 10.0 Å². The van der Waals surface area contributed by atoms with E-state index in [1.165, 1.54) is 12.3 Å². The molecular weight excluding hydrogens is 278 g/mol. The van der Waals surface area contributed by atoms with Gasteiger partial charge in [0.1, 0.15) is 5.82 Å². The molecule has 0 bridgehead atoms. The van der Waals surface area contributed by atoms with Crippen LogP contribution in [0, 0.1) is 0 Å². The summed E-state index contributed by atoms with van der Waals surface area (Å²) in [6, 6.07) is 3.04. The van der Waals surface area contributed by atoms with E-state index in [4.69, 9.17) is 0 Å². The lowest BCUT2D eigenvalue weighted by atomic mass is 10.4. The van der Waals surface area contributed by atoms with Gasteiger partial charge in [0.25, 0.3) is 10.0 Å². The quantitative estimate of drug-likeness (QED) is 0.794. The Morgan fingerprint density at radius 1 is 1.30 bits per heavy atom. The fraction of sp³-hybridized carbons (Fsp3) is 0.583. The standard InChI is InChI=1S/C12H21N5O2S/c1-3-13-12-10-11(4-5-14-12)20(18,19)15-17-8-6-16(2)7-9-17/h4-5,10,15H,3,6-9H2,1-2H3,(H,13,14). The Hall–Kier alpha value is -1.22. The van der Waals surface area contributed by atoms with Crippen molar-refractivity contribution in [2.45, 2.75) is 11.8 Å². The summed E-state index contributed by atoms with van der Waals surface area (Å²) in [4.78, 5) is 9.09. The van der Waals surface area contributed by atoms with Gasteiger partial charge in [0, 0.05) is 45.0 Å². The van der Waals surface area contributed by atoms with E-state index >= 15 is 0 Å². The van der Waals surface area contributed by atoms with Crippen LogP contribution in [0.1, 0.15) is 6.92 Å². The number of nitrogens with zero attached hydrogens (tertiary/aromatic N) is 3. The molecule has 0 aliphatic carbocycles. The molecule has 1 aliphatic rings. The molecule has 8 heteroatoms. The summed E-state index contributed by atoms with van der Waals surface area (Å²) in [7, 11) is -1.52. The number of hydrogen-bond acceptors (Lipinski definition) is 6. The fourth-order valence-electron chi connectivity index (χ4n) is 1.98. The summed E-state index contributed by atoms with van der Waals surface area (Å²) in [5.41, 5.74) is 0. The summed E-state index contributed by atoms with van der Waals surface area (Å²) in [6.07, 6.45) is 1.50. The van der Waals surface area contributed by atoms with Crippen molar-refractivity contribution < 1.29 is 8.42 Å². The van der Waals surface area contributed by atoms with Gasteiger partial charge in [-0.1, -0.05) is 0 Å². The fourth-order valence-corrected chi connectivity index (χ4v) is 3.11. The van der Waals surface area contributed by atoms with Gasteiger partial charge in [-0.2, -0.15) is 0 Å². The van der Waals surface area contributed by atoms with E-state index < -0.39 is 10.0 Å².